The molecular formula is C17H13BrN2O4. The molecule has 0 spiro atoms. The predicted molar refractivity (Wildman–Crippen MR) is 92.7 cm³/mol. The molecule has 0 aliphatic heterocycles. The summed E-state index contributed by atoms with van der Waals surface area (Å²) in [6, 6.07) is 10.8. The van der Waals surface area contributed by atoms with Crippen LogP contribution in [0.5, 0.6) is 17.2 Å². The van der Waals surface area contributed by atoms with Gasteiger partial charge < -0.3 is 20.3 Å². The average molecular weight is 389 g/mol. The molecule has 0 aliphatic carbocycles. The number of benzene rings is 2. The summed E-state index contributed by atoms with van der Waals surface area (Å²) >= 11 is 3.18. The molecule has 0 heterocycles. The molecule has 0 aliphatic rings. The van der Waals surface area contributed by atoms with Crippen LogP contribution >= 0.6 is 15.9 Å². The van der Waals surface area contributed by atoms with Crippen molar-refractivity contribution in [3.8, 4) is 23.3 Å². The van der Waals surface area contributed by atoms with E-state index in [0.29, 0.717) is 15.7 Å². The number of rotatable bonds is 4. The van der Waals surface area contributed by atoms with Crippen molar-refractivity contribution in [1.29, 1.82) is 5.26 Å². The Morgan fingerprint density at radius 2 is 1.96 bits per heavy atom. The largest absolute Gasteiger partial charge is 0.508 e. The van der Waals surface area contributed by atoms with E-state index in [4.69, 9.17) is 4.74 Å². The molecule has 24 heavy (non-hydrogen) atoms. The van der Waals surface area contributed by atoms with Crippen LogP contribution in [0.15, 0.2) is 46.4 Å². The number of hydrogen-bond acceptors (Lipinski definition) is 5. The van der Waals surface area contributed by atoms with E-state index in [1.807, 2.05) is 6.07 Å². The van der Waals surface area contributed by atoms with Crippen LogP contribution in [0.2, 0.25) is 0 Å². The molecule has 7 heteroatoms. The highest BCUT2D eigenvalue weighted by molar-refractivity contribution is 9.10. The minimum Gasteiger partial charge on any atom is -0.508 e. The molecule has 1 amide bonds. The molecule has 2 aromatic carbocycles. The molecule has 2 rings (SSSR count). The van der Waals surface area contributed by atoms with Crippen LogP contribution in [0, 0.1) is 11.3 Å². The molecule has 0 radical (unpaired) electrons. The van der Waals surface area contributed by atoms with Gasteiger partial charge in [-0.1, -0.05) is 0 Å². The number of hydrogen-bond donors (Lipinski definition) is 3. The zero-order valence-electron chi connectivity index (χ0n) is 12.6. The van der Waals surface area contributed by atoms with Gasteiger partial charge >= 0.3 is 0 Å². The van der Waals surface area contributed by atoms with Crippen LogP contribution in [-0.4, -0.2) is 23.2 Å². The summed E-state index contributed by atoms with van der Waals surface area (Å²) < 4.78 is 5.41. The maximum absolute atomic E-state index is 12.2. The van der Waals surface area contributed by atoms with Gasteiger partial charge in [-0.2, -0.15) is 5.26 Å². The van der Waals surface area contributed by atoms with Crippen LogP contribution in [0.4, 0.5) is 5.69 Å². The van der Waals surface area contributed by atoms with Crippen molar-refractivity contribution >= 4 is 33.6 Å². The molecule has 0 fully saturated rings. The Balaban J connectivity index is 2.29. The third-order valence-electron chi connectivity index (χ3n) is 3.07. The number of nitrogens with one attached hydrogen (secondary N) is 1. The van der Waals surface area contributed by atoms with E-state index in [9.17, 15) is 20.3 Å². The van der Waals surface area contributed by atoms with Gasteiger partial charge in [0.1, 0.15) is 17.4 Å². The van der Waals surface area contributed by atoms with Crippen molar-refractivity contribution in [2.45, 2.75) is 0 Å². The van der Waals surface area contributed by atoms with Crippen LogP contribution in [0.1, 0.15) is 5.56 Å². The summed E-state index contributed by atoms with van der Waals surface area (Å²) in [5.74, 6) is -0.370. The Morgan fingerprint density at radius 3 is 2.54 bits per heavy atom. The number of phenolic OH excluding ortho intramolecular Hbond substituents is 2. The molecule has 0 atom stereocenters. The quantitative estimate of drug-likeness (QED) is 0.423. The second-order valence-electron chi connectivity index (χ2n) is 4.72. The van der Waals surface area contributed by atoms with Crippen LogP contribution in [0.3, 0.4) is 0 Å². The molecule has 0 aromatic heterocycles. The molecular weight excluding hydrogens is 376 g/mol. The number of anilines is 1. The highest BCUT2D eigenvalue weighted by atomic mass is 79.9. The molecule has 0 unspecified atom stereocenters. The zero-order valence-corrected chi connectivity index (χ0v) is 14.2. The van der Waals surface area contributed by atoms with E-state index in [-0.39, 0.29) is 22.8 Å². The zero-order chi connectivity index (χ0) is 17.7. The number of nitrogens with zero attached hydrogens (tertiary/aromatic N) is 1. The molecule has 122 valence electrons. The number of nitriles is 1. The summed E-state index contributed by atoms with van der Waals surface area (Å²) in [5.41, 5.74) is 0.833. The first-order valence-electron chi connectivity index (χ1n) is 6.73. The first-order chi connectivity index (χ1) is 11.4. The van der Waals surface area contributed by atoms with Gasteiger partial charge in [0.25, 0.3) is 5.91 Å². The molecule has 2 aromatic rings. The van der Waals surface area contributed by atoms with Crippen LogP contribution in [0.25, 0.3) is 6.08 Å². The summed E-state index contributed by atoms with van der Waals surface area (Å²) in [6.45, 7) is 0. The number of halogens is 1. The van der Waals surface area contributed by atoms with Crippen molar-refractivity contribution in [3.63, 3.8) is 0 Å². The van der Waals surface area contributed by atoms with E-state index in [1.54, 1.807) is 6.07 Å². The number of ether oxygens (including phenoxy) is 1. The Morgan fingerprint density at radius 1 is 1.29 bits per heavy atom. The number of phenols is 2. The topological polar surface area (TPSA) is 103 Å². The fourth-order valence-corrected chi connectivity index (χ4v) is 2.35. The standard InChI is InChI=1S/C17H13BrN2O4/c1-24-15-8-10(7-14(18)16(15)22)6-11(9-19)17(23)20-12-2-4-13(21)5-3-12/h2-8,21-22H,1H3,(H,20,23). The Labute approximate surface area is 146 Å². The van der Waals surface area contributed by atoms with Gasteiger partial charge in [0.05, 0.1) is 11.6 Å². The van der Waals surface area contributed by atoms with E-state index >= 15 is 0 Å². The van der Waals surface area contributed by atoms with Gasteiger partial charge in [0.2, 0.25) is 0 Å². The van der Waals surface area contributed by atoms with E-state index < -0.39 is 5.91 Å². The number of aromatic hydroxyl groups is 2. The van der Waals surface area contributed by atoms with Gasteiger partial charge in [-0.3, -0.25) is 4.79 Å². The van der Waals surface area contributed by atoms with Gasteiger partial charge in [-0.25, -0.2) is 0 Å². The molecule has 0 saturated carbocycles. The Bertz CT molecular complexity index is 839. The highest BCUT2D eigenvalue weighted by Gasteiger charge is 2.12. The predicted octanol–water partition coefficient (Wildman–Crippen LogP) is 3.41. The maximum Gasteiger partial charge on any atom is 0.266 e. The third-order valence-corrected chi connectivity index (χ3v) is 3.68. The number of carbonyl (C=O) groups is 1. The van der Waals surface area contributed by atoms with E-state index in [0.717, 1.165) is 0 Å². The normalized spacial score (nSPS) is 10.8. The average Bonchev–Trinajstić information content (AvgIpc) is 2.57. The third kappa shape index (κ3) is 4.06. The van der Waals surface area contributed by atoms with Gasteiger partial charge in [-0.05, 0) is 64.0 Å². The summed E-state index contributed by atoms with van der Waals surface area (Å²) in [5, 5.41) is 30.8. The van der Waals surface area contributed by atoms with Crippen molar-refractivity contribution in [3.05, 3.63) is 52.0 Å². The van der Waals surface area contributed by atoms with Crippen molar-refractivity contribution in [1.82, 2.24) is 0 Å². The summed E-state index contributed by atoms with van der Waals surface area (Å²) in [6.07, 6.45) is 1.38. The summed E-state index contributed by atoms with van der Waals surface area (Å²) in [7, 11) is 1.40. The fraction of sp³-hybridized carbons (Fsp3) is 0.0588. The van der Waals surface area contributed by atoms with Gasteiger partial charge in [0, 0.05) is 5.69 Å². The number of amides is 1. The SMILES string of the molecule is COc1cc(C=C(C#N)C(=O)Nc2ccc(O)cc2)cc(Br)c1O. The lowest BCUT2D eigenvalue weighted by molar-refractivity contribution is -0.112. The van der Waals surface area contributed by atoms with E-state index in [2.05, 4.69) is 21.2 Å². The lowest BCUT2D eigenvalue weighted by Crippen LogP contribution is -2.13. The maximum atomic E-state index is 12.2. The number of carbonyl (C=O) groups excluding carboxylic acids is 1. The minimum atomic E-state index is -0.591. The monoisotopic (exact) mass is 388 g/mol. The van der Waals surface area contributed by atoms with Crippen molar-refractivity contribution < 1.29 is 19.7 Å². The number of methoxy groups -OCH3 is 1. The fourth-order valence-electron chi connectivity index (χ4n) is 1.89. The molecule has 0 bridgehead atoms. The molecule has 6 nitrogen and oxygen atoms in total. The van der Waals surface area contributed by atoms with Crippen molar-refractivity contribution in [2.75, 3.05) is 12.4 Å². The molecule has 3 N–H and O–H groups in total. The smallest absolute Gasteiger partial charge is 0.266 e. The minimum absolute atomic E-state index is 0.0679. The Kier molecular flexibility index (Phi) is 5.45. The highest BCUT2D eigenvalue weighted by Crippen LogP contribution is 2.35. The van der Waals surface area contributed by atoms with E-state index in [1.165, 1.54) is 43.5 Å². The Hall–Kier alpha value is -2.98. The molecule has 0 saturated heterocycles. The van der Waals surface area contributed by atoms with Crippen LogP contribution in [-0.2, 0) is 4.79 Å². The van der Waals surface area contributed by atoms with Gasteiger partial charge in [-0.15, -0.1) is 0 Å². The first kappa shape index (κ1) is 17.4. The van der Waals surface area contributed by atoms with Gasteiger partial charge in [0.15, 0.2) is 11.5 Å². The lowest BCUT2D eigenvalue weighted by Gasteiger charge is -2.07. The second kappa shape index (κ2) is 7.53. The lowest BCUT2D eigenvalue weighted by atomic mass is 10.1. The second-order valence-corrected chi connectivity index (χ2v) is 5.58. The first-order valence-corrected chi connectivity index (χ1v) is 7.52. The van der Waals surface area contributed by atoms with Crippen molar-refractivity contribution in [2.24, 2.45) is 0 Å². The summed E-state index contributed by atoms with van der Waals surface area (Å²) in [4.78, 5) is 12.2. The van der Waals surface area contributed by atoms with Crippen LogP contribution < -0.4 is 10.1 Å².